The highest BCUT2D eigenvalue weighted by molar-refractivity contribution is 14.1. The number of halogens is 1. The summed E-state index contributed by atoms with van der Waals surface area (Å²) in [4.78, 5) is 34.4. The normalized spacial score (nSPS) is 15.2. The molecule has 0 N–H and O–H groups in total. The number of carbonyl (C=O) groups is 1. The van der Waals surface area contributed by atoms with Crippen LogP contribution in [0.2, 0.25) is 0 Å². The number of allylic oxidation sites excluding steroid dienone is 1. The van der Waals surface area contributed by atoms with Crippen molar-refractivity contribution in [3.8, 4) is 5.69 Å². The molecule has 3 heterocycles. The first-order chi connectivity index (χ1) is 19.1. The minimum atomic E-state index is -0.632. The van der Waals surface area contributed by atoms with Crippen LogP contribution in [0.4, 0.5) is 5.69 Å². The van der Waals surface area contributed by atoms with Gasteiger partial charge in [-0.1, -0.05) is 23.5 Å². The third kappa shape index (κ3) is 5.08. The third-order valence-corrected chi connectivity index (χ3v) is 8.79. The zero-order valence-electron chi connectivity index (χ0n) is 23.4. The second-order valence-electron chi connectivity index (χ2n) is 9.93. The highest BCUT2D eigenvalue weighted by Gasteiger charge is 2.33. The lowest BCUT2D eigenvalue weighted by Gasteiger charge is -2.25. The molecular weight excluding hydrogens is 635 g/mol. The Kier molecular flexibility index (Phi) is 7.87. The van der Waals surface area contributed by atoms with Crippen LogP contribution in [0.1, 0.15) is 42.4 Å². The zero-order chi connectivity index (χ0) is 28.7. The smallest absolute Gasteiger partial charge is 0.338 e. The van der Waals surface area contributed by atoms with Gasteiger partial charge >= 0.3 is 5.97 Å². The van der Waals surface area contributed by atoms with Crippen molar-refractivity contribution >= 4 is 51.7 Å². The maximum atomic E-state index is 14.0. The number of hydrogen-bond acceptors (Lipinski definition) is 6. The summed E-state index contributed by atoms with van der Waals surface area (Å²) in [5.41, 5.74) is 6.78. The number of aromatic nitrogens is 2. The molecule has 0 saturated carbocycles. The minimum Gasteiger partial charge on any atom is -0.463 e. The fraction of sp³-hybridized carbons (Fsp3) is 0.258. The van der Waals surface area contributed by atoms with Gasteiger partial charge in [-0.25, -0.2) is 9.79 Å². The van der Waals surface area contributed by atoms with E-state index >= 15 is 0 Å². The van der Waals surface area contributed by atoms with Crippen LogP contribution in [-0.2, 0) is 9.53 Å². The maximum absolute atomic E-state index is 14.0. The highest BCUT2D eigenvalue weighted by atomic mass is 127. The standard InChI is InChI=1S/C31H31IN4O3S/c1-7-39-30(38)27-19(3)33-31-36(28(27)21-8-12-24(13-9-21)34(5)6)29(37)26(40-31)17-22-16-18(2)35(20(22)4)25-14-10-23(32)11-15-25/h8-17,28H,7H2,1-6H3/b26-17-/t28-/m0/s1. The first kappa shape index (κ1) is 28.1. The number of rotatable bonds is 6. The minimum absolute atomic E-state index is 0.182. The average Bonchev–Trinajstić information content (AvgIpc) is 3.38. The van der Waals surface area contributed by atoms with Gasteiger partial charge in [0.2, 0.25) is 0 Å². The van der Waals surface area contributed by atoms with Crippen molar-refractivity contribution in [1.29, 1.82) is 0 Å². The van der Waals surface area contributed by atoms with Gasteiger partial charge in [-0.3, -0.25) is 9.36 Å². The van der Waals surface area contributed by atoms with E-state index in [4.69, 9.17) is 9.73 Å². The lowest BCUT2D eigenvalue weighted by atomic mass is 9.95. The summed E-state index contributed by atoms with van der Waals surface area (Å²) in [7, 11) is 3.95. The number of benzene rings is 2. The van der Waals surface area contributed by atoms with Crippen LogP contribution >= 0.6 is 33.9 Å². The Morgan fingerprint density at radius 1 is 1.10 bits per heavy atom. The molecule has 9 heteroatoms. The van der Waals surface area contributed by atoms with Gasteiger partial charge in [0.25, 0.3) is 5.56 Å². The molecule has 0 bridgehead atoms. The molecule has 1 aliphatic heterocycles. The number of ether oxygens (including phenoxy) is 1. The van der Waals surface area contributed by atoms with Gasteiger partial charge in [-0.2, -0.15) is 0 Å². The summed E-state index contributed by atoms with van der Waals surface area (Å²) < 4.78 is 11.0. The van der Waals surface area contributed by atoms with Crippen LogP contribution in [0.5, 0.6) is 0 Å². The van der Waals surface area contributed by atoms with E-state index < -0.39 is 12.0 Å². The molecule has 0 saturated heterocycles. The van der Waals surface area contributed by atoms with Gasteiger partial charge in [0, 0.05) is 40.4 Å². The monoisotopic (exact) mass is 666 g/mol. The van der Waals surface area contributed by atoms with Crippen LogP contribution in [0.3, 0.4) is 0 Å². The number of anilines is 1. The van der Waals surface area contributed by atoms with Crippen molar-refractivity contribution in [2.45, 2.75) is 33.7 Å². The van der Waals surface area contributed by atoms with Crippen molar-refractivity contribution in [3.05, 3.63) is 112 Å². The molecule has 0 amide bonds. The van der Waals surface area contributed by atoms with E-state index in [2.05, 4.69) is 71.3 Å². The molecule has 7 nitrogen and oxygen atoms in total. The quantitative estimate of drug-likeness (QED) is 0.218. The predicted molar refractivity (Wildman–Crippen MR) is 169 cm³/mol. The molecule has 0 fully saturated rings. The molecule has 40 heavy (non-hydrogen) atoms. The number of esters is 1. The molecular formula is C31H31IN4O3S. The van der Waals surface area contributed by atoms with E-state index in [0.717, 1.165) is 33.9 Å². The summed E-state index contributed by atoms with van der Waals surface area (Å²) in [6, 6.07) is 17.7. The van der Waals surface area contributed by atoms with Gasteiger partial charge in [0.1, 0.15) is 0 Å². The largest absolute Gasteiger partial charge is 0.463 e. The number of hydrogen-bond donors (Lipinski definition) is 0. The molecule has 206 valence electrons. The molecule has 2 aromatic carbocycles. The first-order valence-corrected chi connectivity index (χ1v) is 14.9. The second-order valence-corrected chi connectivity index (χ2v) is 12.2. The molecule has 5 rings (SSSR count). The van der Waals surface area contributed by atoms with Crippen molar-refractivity contribution in [1.82, 2.24) is 9.13 Å². The van der Waals surface area contributed by atoms with E-state index in [0.29, 0.717) is 20.6 Å². The van der Waals surface area contributed by atoms with E-state index in [1.165, 1.54) is 14.9 Å². The van der Waals surface area contributed by atoms with E-state index in [-0.39, 0.29) is 12.2 Å². The topological polar surface area (TPSA) is 68.8 Å². The fourth-order valence-corrected chi connectivity index (χ4v) is 6.52. The van der Waals surface area contributed by atoms with Gasteiger partial charge < -0.3 is 14.2 Å². The Bertz CT molecular complexity index is 1810. The summed E-state index contributed by atoms with van der Waals surface area (Å²) in [5.74, 6) is -0.458. The number of fused-ring (bicyclic) bond motifs is 1. The molecule has 2 aromatic heterocycles. The second kappa shape index (κ2) is 11.2. The van der Waals surface area contributed by atoms with E-state index in [1.54, 1.807) is 18.4 Å². The van der Waals surface area contributed by atoms with Gasteiger partial charge in [0.15, 0.2) is 4.80 Å². The molecule has 0 aliphatic carbocycles. The lowest BCUT2D eigenvalue weighted by Crippen LogP contribution is -2.40. The Balaban J connectivity index is 1.67. The molecule has 1 aliphatic rings. The summed E-state index contributed by atoms with van der Waals surface area (Å²) >= 11 is 3.64. The summed E-state index contributed by atoms with van der Waals surface area (Å²) in [6.45, 7) is 7.94. The number of aryl methyl sites for hydroxylation is 1. The number of carbonyl (C=O) groups excluding carboxylic acids is 1. The number of nitrogens with zero attached hydrogens (tertiary/aromatic N) is 4. The molecule has 1 atom stereocenters. The van der Waals surface area contributed by atoms with Gasteiger partial charge in [-0.15, -0.1) is 0 Å². The van der Waals surface area contributed by atoms with Gasteiger partial charge in [0.05, 0.1) is 28.5 Å². The molecule has 4 aromatic rings. The maximum Gasteiger partial charge on any atom is 0.338 e. The molecule has 0 radical (unpaired) electrons. The molecule has 0 unspecified atom stereocenters. The third-order valence-electron chi connectivity index (χ3n) is 7.08. The summed E-state index contributed by atoms with van der Waals surface area (Å²) in [6.07, 6.45) is 1.94. The van der Waals surface area contributed by atoms with Crippen molar-refractivity contribution in [2.75, 3.05) is 25.6 Å². The van der Waals surface area contributed by atoms with E-state index in [1.807, 2.05) is 49.3 Å². The van der Waals surface area contributed by atoms with Crippen LogP contribution in [0.15, 0.2) is 75.7 Å². The van der Waals surface area contributed by atoms with Crippen LogP contribution in [0, 0.1) is 17.4 Å². The van der Waals surface area contributed by atoms with Crippen LogP contribution in [0.25, 0.3) is 11.8 Å². The van der Waals surface area contributed by atoms with E-state index in [9.17, 15) is 9.59 Å². The van der Waals surface area contributed by atoms with Crippen molar-refractivity contribution in [2.24, 2.45) is 4.99 Å². The zero-order valence-corrected chi connectivity index (χ0v) is 26.3. The predicted octanol–water partition coefficient (Wildman–Crippen LogP) is 4.88. The molecule has 0 spiro atoms. The Morgan fingerprint density at radius 3 is 2.40 bits per heavy atom. The van der Waals surface area contributed by atoms with Crippen molar-refractivity contribution in [3.63, 3.8) is 0 Å². The van der Waals surface area contributed by atoms with Crippen molar-refractivity contribution < 1.29 is 9.53 Å². The number of thiazole rings is 1. The Hall–Kier alpha value is -3.44. The lowest BCUT2D eigenvalue weighted by molar-refractivity contribution is -0.139. The highest BCUT2D eigenvalue weighted by Crippen LogP contribution is 2.31. The Morgan fingerprint density at radius 2 is 1.77 bits per heavy atom. The van der Waals surface area contributed by atoms with Gasteiger partial charge in [-0.05, 0) is 110 Å². The SMILES string of the molecule is CCOC(=O)C1=C(C)N=c2s/c(=C\c3cc(C)n(-c4ccc(I)cc4)c3C)c(=O)n2[C@H]1c1ccc(N(C)C)cc1. The average molecular weight is 667 g/mol. The van der Waals surface area contributed by atoms with Crippen LogP contribution < -0.4 is 19.8 Å². The first-order valence-electron chi connectivity index (χ1n) is 13.0. The summed E-state index contributed by atoms with van der Waals surface area (Å²) in [5, 5.41) is 0. The Labute approximate surface area is 250 Å². The fourth-order valence-electron chi connectivity index (χ4n) is 5.12. The van der Waals surface area contributed by atoms with Crippen LogP contribution in [-0.4, -0.2) is 35.8 Å².